The summed E-state index contributed by atoms with van der Waals surface area (Å²) in [7, 11) is 0. The summed E-state index contributed by atoms with van der Waals surface area (Å²) in [5.41, 5.74) is -0.319. The van der Waals surface area contributed by atoms with Crippen molar-refractivity contribution in [3.8, 4) is 0 Å². The molecule has 8 heteroatoms. The highest BCUT2D eigenvalue weighted by Gasteiger charge is 2.23. The molecule has 1 aliphatic rings. The number of amides is 1. The van der Waals surface area contributed by atoms with Gasteiger partial charge >= 0.3 is 0 Å². The van der Waals surface area contributed by atoms with Crippen LogP contribution in [0.25, 0.3) is 0 Å². The van der Waals surface area contributed by atoms with Crippen molar-refractivity contribution in [1.29, 1.82) is 0 Å². The topological polar surface area (TPSA) is 122 Å². The van der Waals surface area contributed by atoms with Crippen molar-refractivity contribution >= 4 is 23.1 Å². The van der Waals surface area contributed by atoms with E-state index in [2.05, 4.69) is 10.3 Å². The minimum absolute atomic E-state index is 0.0176. The van der Waals surface area contributed by atoms with E-state index in [1.54, 1.807) is 0 Å². The fourth-order valence-electron chi connectivity index (χ4n) is 2.67. The Morgan fingerprint density at radius 2 is 1.96 bits per heavy atom. The van der Waals surface area contributed by atoms with Crippen LogP contribution in [0.5, 0.6) is 0 Å². The van der Waals surface area contributed by atoms with Crippen molar-refractivity contribution in [1.82, 2.24) is 4.98 Å². The van der Waals surface area contributed by atoms with E-state index in [9.17, 15) is 24.5 Å². The smallest absolute Gasteiger partial charge is 0.292 e. The number of hydrogen-bond acceptors (Lipinski definition) is 5. The van der Waals surface area contributed by atoms with Gasteiger partial charge in [0.15, 0.2) is 5.78 Å². The number of hydrogen-bond donors (Lipinski definition) is 2. The number of aromatic nitrogens is 1. The lowest BCUT2D eigenvalue weighted by atomic mass is 9.93. The van der Waals surface area contributed by atoms with Crippen molar-refractivity contribution in [3.05, 3.63) is 67.6 Å². The van der Waals surface area contributed by atoms with E-state index in [4.69, 9.17) is 0 Å². The maximum absolute atomic E-state index is 12.3. The lowest BCUT2D eigenvalue weighted by Crippen LogP contribution is -2.27. The summed E-state index contributed by atoms with van der Waals surface area (Å²) in [6.07, 6.45) is 1.59. The summed E-state index contributed by atoms with van der Waals surface area (Å²) >= 11 is 0. The number of nitrogens with zero attached hydrogens (tertiary/aromatic N) is 1. The van der Waals surface area contributed by atoms with Crippen LogP contribution in [-0.4, -0.2) is 21.6 Å². The number of carbonyl (C=O) groups is 2. The Bertz CT molecular complexity index is 916. The van der Waals surface area contributed by atoms with E-state index in [0.29, 0.717) is 30.5 Å². The number of rotatable bonds is 3. The standard InChI is InChI=1S/C16H13N3O5/c20-14-7-3-5-11-9(14)8-10(15(21)17-11)16(22)18-12-4-1-2-6-13(12)19(23)24/h1-2,4,6,8H,3,5,7H2,(H,17,21)(H,18,22). The fourth-order valence-corrected chi connectivity index (χ4v) is 2.67. The summed E-state index contributed by atoms with van der Waals surface area (Å²) in [4.78, 5) is 49.3. The average molecular weight is 327 g/mol. The molecule has 0 saturated heterocycles. The van der Waals surface area contributed by atoms with Gasteiger partial charge in [0.05, 0.1) is 4.92 Å². The third-order valence-electron chi connectivity index (χ3n) is 3.85. The van der Waals surface area contributed by atoms with Crippen LogP contribution >= 0.6 is 0 Å². The normalized spacial score (nSPS) is 13.2. The first-order chi connectivity index (χ1) is 11.5. The Morgan fingerprint density at radius 3 is 2.71 bits per heavy atom. The minimum Gasteiger partial charge on any atom is -0.325 e. The highest BCUT2D eigenvalue weighted by atomic mass is 16.6. The van der Waals surface area contributed by atoms with Gasteiger partial charge in [-0.3, -0.25) is 24.5 Å². The number of Topliss-reactive ketones (excluding diaryl/α,β-unsaturated/α-hetero) is 1. The number of anilines is 1. The molecule has 3 rings (SSSR count). The van der Waals surface area contributed by atoms with Gasteiger partial charge in [0.25, 0.3) is 17.2 Å². The predicted octanol–water partition coefficient (Wildman–Crippen LogP) is 2.05. The highest BCUT2D eigenvalue weighted by molar-refractivity contribution is 6.07. The number of carbonyl (C=O) groups excluding carboxylic acids is 2. The quantitative estimate of drug-likeness (QED) is 0.660. The van der Waals surface area contributed by atoms with Crippen LogP contribution < -0.4 is 10.9 Å². The molecule has 0 unspecified atom stereocenters. The average Bonchev–Trinajstić information content (AvgIpc) is 2.54. The second-order valence-corrected chi connectivity index (χ2v) is 5.41. The molecule has 0 spiro atoms. The zero-order valence-corrected chi connectivity index (χ0v) is 12.5. The molecule has 2 N–H and O–H groups in total. The molecular weight excluding hydrogens is 314 g/mol. The molecule has 8 nitrogen and oxygen atoms in total. The molecule has 1 aromatic carbocycles. The number of aromatic amines is 1. The number of aryl methyl sites for hydroxylation is 1. The molecule has 0 fully saturated rings. The Morgan fingerprint density at radius 1 is 1.21 bits per heavy atom. The molecule has 0 atom stereocenters. The van der Waals surface area contributed by atoms with Crippen molar-refractivity contribution in [2.75, 3.05) is 5.32 Å². The first kappa shape index (κ1) is 15.6. The predicted molar refractivity (Wildman–Crippen MR) is 85.4 cm³/mol. The van der Waals surface area contributed by atoms with E-state index in [1.165, 1.54) is 30.3 Å². The number of nitro benzene ring substituents is 1. The van der Waals surface area contributed by atoms with Gasteiger partial charge in [-0.1, -0.05) is 12.1 Å². The van der Waals surface area contributed by atoms with Gasteiger partial charge in [-0.2, -0.15) is 0 Å². The zero-order valence-electron chi connectivity index (χ0n) is 12.5. The second kappa shape index (κ2) is 6.07. The molecule has 1 amide bonds. The molecule has 1 aromatic heterocycles. The number of para-hydroxylation sites is 2. The Balaban J connectivity index is 1.97. The van der Waals surface area contributed by atoms with E-state index < -0.39 is 16.4 Å². The summed E-state index contributed by atoms with van der Waals surface area (Å²) in [5, 5.41) is 13.3. The first-order valence-electron chi connectivity index (χ1n) is 7.31. The molecule has 0 radical (unpaired) electrons. The van der Waals surface area contributed by atoms with Crippen molar-refractivity contribution in [2.24, 2.45) is 0 Å². The number of benzene rings is 1. The second-order valence-electron chi connectivity index (χ2n) is 5.41. The molecule has 122 valence electrons. The third kappa shape index (κ3) is 2.81. The van der Waals surface area contributed by atoms with Gasteiger partial charge < -0.3 is 10.3 Å². The number of nitro groups is 1. The van der Waals surface area contributed by atoms with Gasteiger partial charge in [-0.05, 0) is 25.0 Å². The Kier molecular flexibility index (Phi) is 3.95. The van der Waals surface area contributed by atoms with Crippen LogP contribution in [0, 0.1) is 10.1 Å². The molecule has 2 aromatic rings. The molecule has 0 aliphatic heterocycles. The third-order valence-corrected chi connectivity index (χ3v) is 3.85. The van der Waals surface area contributed by atoms with Crippen molar-refractivity contribution in [3.63, 3.8) is 0 Å². The van der Waals surface area contributed by atoms with E-state index in [0.717, 1.165) is 0 Å². The van der Waals surface area contributed by atoms with Crippen LogP contribution in [0.3, 0.4) is 0 Å². The maximum atomic E-state index is 12.3. The number of pyridine rings is 1. The summed E-state index contributed by atoms with van der Waals surface area (Å²) in [6, 6.07) is 6.88. The first-order valence-corrected chi connectivity index (χ1v) is 7.31. The van der Waals surface area contributed by atoms with E-state index in [1.807, 2.05) is 0 Å². The van der Waals surface area contributed by atoms with E-state index >= 15 is 0 Å². The van der Waals surface area contributed by atoms with Crippen molar-refractivity contribution < 1.29 is 14.5 Å². The molecule has 1 aliphatic carbocycles. The van der Waals surface area contributed by atoms with Crippen LogP contribution in [0.2, 0.25) is 0 Å². The Labute approximate surface area is 135 Å². The molecule has 0 bridgehead atoms. The maximum Gasteiger partial charge on any atom is 0.292 e. The van der Waals surface area contributed by atoms with Gasteiger partial charge in [-0.15, -0.1) is 0 Å². The number of H-pyrrole nitrogens is 1. The molecular formula is C16H13N3O5. The number of nitrogens with one attached hydrogen (secondary N) is 2. The summed E-state index contributed by atoms with van der Waals surface area (Å²) < 4.78 is 0. The SMILES string of the molecule is O=C1CCCc2[nH]c(=O)c(C(=O)Nc3ccccc3[N+](=O)[O-])cc21. The van der Waals surface area contributed by atoms with Gasteiger partial charge in [0, 0.05) is 23.7 Å². The van der Waals surface area contributed by atoms with Crippen LogP contribution in [0.1, 0.15) is 39.3 Å². The number of ketones is 1. The van der Waals surface area contributed by atoms with Gasteiger partial charge in [0.1, 0.15) is 11.3 Å². The van der Waals surface area contributed by atoms with Crippen LogP contribution in [-0.2, 0) is 6.42 Å². The molecule has 24 heavy (non-hydrogen) atoms. The zero-order chi connectivity index (χ0) is 17.3. The minimum atomic E-state index is -0.799. The van der Waals surface area contributed by atoms with Crippen LogP contribution in [0.4, 0.5) is 11.4 Å². The van der Waals surface area contributed by atoms with Crippen LogP contribution in [0.15, 0.2) is 35.1 Å². The molecule has 0 saturated carbocycles. The fraction of sp³-hybridized carbons (Fsp3) is 0.188. The summed E-state index contributed by atoms with van der Waals surface area (Å²) in [5.74, 6) is -0.932. The molecule has 1 heterocycles. The largest absolute Gasteiger partial charge is 0.325 e. The van der Waals surface area contributed by atoms with Gasteiger partial charge in [-0.25, -0.2) is 0 Å². The monoisotopic (exact) mass is 327 g/mol. The van der Waals surface area contributed by atoms with Crippen molar-refractivity contribution in [2.45, 2.75) is 19.3 Å². The summed E-state index contributed by atoms with van der Waals surface area (Å²) in [6.45, 7) is 0. The lowest BCUT2D eigenvalue weighted by Gasteiger charge is -2.15. The Hall–Kier alpha value is -3.29. The number of fused-ring (bicyclic) bond motifs is 1. The van der Waals surface area contributed by atoms with E-state index in [-0.39, 0.29) is 22.7 Å². The van der Waals surface area contributed by atoms with Gasteiger partial charge in [0.2, 0.25) is 0 Å². The lowest BCUT2D eigenvalue weighted by molar-refractivity contribution is -0.383. The highest BCUT2D eigenvalue weighted by Crippen LogP contribution is 2.24.